The number of rotatable bonds is 8. The van der Waals surface area contributed by atoms with Gasteiger partial charge in [-0.25, -0.2) is 9.18 Å². The molecule has 3 rings (SSSR count). The molecule has 1 heterocycles. The van der Waals surface area contributed by atoms with Gasteiger partial charge >= 0.3 is 6.03 Å². The molecule has 0 bridgehead atoms. The lowest BCUT2D eigenvalue weighted by atomic mass is 10.0. The molecule has 168 valence electrons. The summed E-state index contributed by atoms with van der Waals surface area (Å²) in [5.74, 6) is -0.391. The third-order valence-electron chi connectivity index (χ3n) is 4.80. The Balaban J connectivity index is 1.58. The molecule has 3 amide bonds. The van der Waals surface area contributed by atoms with E-state index in [0.717, 1.165) is 5.56 Å². The Hall–Kier alpha value is -3.75. The Labute approximate surface area is 185 Å². The number of nitrogens with one attached hydrogen (secondary N) is 3. The van der Waals surface area contributed by atoms with Crippen molar-refractivity contribution in [2.75, 3.05) is 0 Å². The molecule has 0 spiro atoms. The van der Waals surface area contributed by atoms with Gasteiger partial charge in [-0.1, -0.05) is 49.3 Å². The summed E-state index contributed by atoms with van der Waals surface area (Å²) in [5, 5.41) is 12.1. The van der Waals surface area contributed by atoms with Crippen LogP contribution in [0.3, 0.4) is 0 Å². The van der Waals surface area contributed by atoms with E-state index in [1.165, 1.54) is 12.1 Å². The molecule has 0 aliphatic heterocycles. The molecule has 3 aromatic rings. The van der Waals surface area contributed by atoms with Gasteiger partial charge in [-0.15, -0.1) is 0 Å². The number of nitrogens with zero attached hydrogens (tertiary/aromatic N) is 2. The summed E-state index contributed by atoms with van der Waals surface area (Å²) < 4.78 is 18.4. The topological polar surface area (TPSA) is 109 Å². The van der Waals surface area contributed by atoms with Crippen molar-refractivity contribution < 1.29 is 18.5 Å². The van der Waals surface area contributed by atoms with Crippen molar-refractivity contribution in [3.8, 4) is 11.4 Å². The number of hydrogen-bond acceptors (Lipinski definition) is 5. The number of hydrogen-bond donors (Lipinski definition) is 3. The van der Waals surface area contributed by atoms with E-state index in [1.54, 1.807) is 19.1 Å². The third-order valence-corrected chi connectivity index (χ3v) is 4.80. The third kappa shape index (κ3) is 6.13. The van der Waals surface area contributed by atoms with Crippen LogP contribution in [0.15, 0.2) is 59.1 Å². The molecule has 2 atom stereocenters. The minimum Gasteiger partial charge on any atom is -0.343 e. The lowest BCUT2D eigenvalue weighted by Gasteiger charge is -2.23. The molecule has 32 heavy (non-hydrogen) atoms. The van der Waals surface area contributed by atoms with Gasteiger partial charge in [0.2, 0.25) is 17.6 Å². The highest BCUT2D eigenvalue weighted by Gasteiger charge is 2.27. The predicted octanol–water partition coefficient (Wildman–Crippen LogP) is 3.58. The molecule has 2 unspecified atom stereocenters. The van der Waals surface area contributed by atoms with E-state index >= 15 is 0 Å². The Morgan fingerprint density at radius 3 is 2.34 bits per heavy atom. The second-order valence-corrected chi connectivity index (χ2v) is 7.73. The zero-order valence-corrected chi connectivity index (χ0v) is 18.1. The summed E-state index contributed by atoms with van der Waals surface area (Å²) in [6.45, 7) is 5.73. The van der Waals surface area contributed by atoms with Gasteiger partial charge in [0.25, 0.3) is 0 Å². The summed E-state index contributed by atoms with van der Waals surface area (Å²) in [5.41, 5.74) is 1.55. The molecule has 0 saturated carbocycles. The summed E-state index contributed by atoms with van der Waals surface area (Å²) in [6, 6.07) is 13.4. The van der Waals surface area contributed by atoms with Crippen LogP contribution < -0.4 is 16.0 Å². The molecule has 8 nitrogen and oxygen atoms in total. The molecule has 1 aromatic heterocycles. The minimum atomic E-state index is -0.757. The van der Waals surface area contributed by atoms with E-state index in [1.807, 2.05) is 44.2 Å². The van der Waals surface area contributed by atoms with Crippen molar-refractivity contribution in [2.45, 2.75) is 39.4 Å². The van der Waals surface area contributed by atoms with Crippen LogP contribution >= 0.6 is 0 Å². The van der Waals surface area contributed by atoms with E-state index in [-0.39, 0.29) is 23.5 Å². The van der Waals surface area contributed by atoms with Crippen molar-refractivity contribution in [3.63, 3.8) is 0 Å². The Kier molecular flexibility index (Phi) is 7.54. The second-order valence-electron chi connectivity index (χ2n) is 7.73. The molecule has 0 aliphatic rings. The van der Waals surface area contributed by atoms with Crippen LogP contribution in [0.25, 0.3) is 11.4 Å². The van der Waals surface area contributed by atoms with E-state index < -0.39 is 18.1 Å². The lowest BCUT2D eigenvalue weighted by molar-refractivity contribution is -0.124. The maximum absolute atomic E-state index is 13.1. The monoisotopic (exact) mass is 439 g/mol. The minimum absolute atomic E-state index is 0.151. The summed E-state index contributed by atoms with van der Waals surface area (Å²) in [7, 11) is 0. The molecular formula is C23H26FN5O3. The van der Waals surface area contributed by atoms with Crippen LogP contribution in [0.1, 0.15) is 38.3 Å². The number of aromatic nitrogens is 2. The zero-order chi connectivity index (χ0) is 23.1. The summed E-state index contributed by atoms with van der Waals surface area (Å²) in [4.78, 5) is 29.4. The first-order valence-corrected chi connectivity index (χ1v) is 10.3. The highest BCUT2D eigenvalue weighted by atomic mass is 19.1. The van der Waals surface area contributed by atoms with E-state index in [0.29, 0.717) is 17.9 Å². The van der Waals surface area contributed by atoms with Gasteiger partial charge < -0.3 is 20.5 Å². The summed E-state index contributed by atoms with van der Waals surface area (Å²) in [6.07, 6.45) is 0. The largest absolute Gasteiger partial charge is 0.343 e. The van der Waals surface area contributed by atoms with Crippen molar-refractivity contribution in [2.24, 2.45) is 5.92 Å². The van der Waals surface area contributed by atoms with E-state index in [2.05, 4.69) is 26.1 Å². The number of benzene rings is 2. The normalized spacial score (nSPS) is 12.8. The van der Waals surface area contributed by atoms with Crippen LogP contribution in [0, 0.1) is 11.7 Å². The van der Waals surface area contributed by atoms with Crippen LogP contribution in [0.5, 0.6) is 0 Å². The molecule has 0 aliphatic carbocycles. The van der Waals surface area contributed by atoms with Crippen LogP contribution in [-0.4, -0.2) is 28.1 Å². The van der Waals surface area contributed by atoms with Crippen LogP contribution in [0.2, 0.25) is 0 Å². The van der Waals surface area contributed by atoms with Crippen molar-refractivity contribution in [1.82, 2.24) is 26.1 Å². The lowest BCUT2D eigenvalue weighted by Crippen LogP contribution is -2.52. The zero-order valence-electron chi connectivity index (χ0n) is 18.1. The molecule has 0 fully saturated rings. The second kappa shape index (κ2) is 10.5. The maximum Gasteiger partial charge on any atom is 0.315 e. The number of carbonyl (C=O) groups excluding carboxylic acids is 2. The van der Waals surface area contributed by atoms with Crippen molar-refractivity contribution in [3.05, 3.63) is 71.9 Å². The van der Waals surface area contributed by atoms with Gasteiger partial charge in [-0.3, -0.25) is 4.79 Å². The van der Waals surface area contributed by atoms with Gasteiger partial charge in [0.1, 0.15) is 17.9 Å². The standard InChI is InChI=1S/C23H26FN5O3/c1-14(2)19(27-23(31)25-13-16-7-5-4-6-8-16)21(30)26-15(3)22-28-20(29-32-22)17-9-11-18(24)12-10-17/h4-12,14-15,19H,13H2,1-3H3,(H,26,30)(H2,25,27,31). The van der Waals surface area contributed by atoms with Crippen LogP contribution in [-0.2, 0) is 11.3 Å². The fraction of sp³-hybridized carbons (Fsp3) is 0.304. The van der Waals surface area contributed by atoms with Gasteiger partial charge in [0, 0.05) is 12.1 Å². The smallest absolute Gasteiger partial charge is 0.315 e. The fourth-order valence-corrected chi connectivity index (χ4v) is 3.00. The first-order chi connectivity index (χ1) is 15.3. The molecule has 2 aromatic carbocycles. The Morgan fingerprint density at radius 2 is 1.69 bits per heavy atom. The van der Waals surface area contributed by atoms with Gasteiger partial charge in [-0.2, -0.15) is 4.98 Å². The molecule has 3 N–H and O–H groups in total. The predicted molar refractivity (Wildman–Crippen MR) is 117 cm³/mol. The quantitative estimate of drug-likeness (QED) is 0.497. The number of amides is 3. The maximum atomic E-state index is 13.1. The van der Waals surface area contributed by atoms with Gasteiger partial charge in [0.05, 0.1) is 0 Å². The first kappa shape index (κ1) is 22.9. The van der Waals surface area contributed by atoms with E-state index in [4.69, 9.17) is 4.52 Å². The SMILES string of the molecule is CC(NC(=O)C(NC(=O)NCc1ccccc1)C(C)C)c1nc(-c2ccc(F)cc2)no1. The van der Waals surface area contributed by atoms with Crippen LogP contribution in [0.4, 0.5) is 9.18 Å². The van der Waals surface area contributed by atoms with Gasteiger partial charge in [-0.05, 0) is 42.7 Å². The Morgan fingerprint density at radius 1 is 1.00 bits per heavy atom. The number of urea groups is 1. The molecule has 0 radical (unpaired) electrons. The Bertz CT molecular complexity index is 1040. The number of carbonyl (C=O) groups is 2. The van der Waals surface area contributed by atoms with E-state index in [9.17, 15) is 14.0 Å². The van der Waals surface area contributed by atoms with Crippen molar-refractivity contribution in [1.29, 1.82) is 0 Å². The molecular weight excluding hydrogens is 413 g/mol. The summed E-state index contributed by atoms with van der Waals surface area (Å²) >= 11 is 0. The average Bonchev–Trinajstić information content (AvgIpc) is 3.27. The molecule has 9 heteroatoms. The first-order valence-electron chi connectivity index (χ1n) is 10.3. The van der Waals surface area contributed by atoms with Crippen molar-refractivity contribution >= 4 is 11.9 Å². The highest BCUT2D eigenvalue weighted by molar-refractivity contribution is 5.87. The average molecular weight is 439 g/mol. The fourth-order valence-electron chi connectivity index (χ4n) is 3.00. The molecule has 0 saturated heterocycles. The van der Waals surface area contributed by atoms with Gasteiger partial charge in [0.15, 0.2) is 0 Å². The number of halogens is 1. The highest BCUT2D eigenvalue weighted by Crippen LogP contribution is 2.19.